The van der Waals surface area contributed by atoms with E-state index in [9.17, 15) is 9.36 Å². The zero-order valence-corrected chi connectivity index (χ0v) is 20.7. The van der Waals surface area contributed by atoms with Crippen molar-refractivity contribution < 1.29 is 33.3 Å². The molecule has 0 aliphatic carbocycles. The predicted molar refractivity (Wildman–Crippen MR) is 121 cm³/mol. The Morgan fingerprint density at radius 2 is 1.47 bits per heavy atom. The van der Waals surface area contributed by atoms with Crippen molar-refractivity contribution in [2.45, 2.75) is 64.7 Å². The lowest BCUT2D eigenvalue weighted by Gasteiger charge is -2.23. The number of hydrogen-bond donors (Lipinski definition) is 4. The predicted octanol–water partition coefficient (Wildman–Crippen LogP) is 2.95. The van der Waals surface area contributed by atoms with E-state index in [1.807, 2.05) is 21.1 Å². The zero-order chi connectivity index (χ0) is 23.5. The number of phosphoric acid groups is 1. The van der Waals surface area contributed by atoms with Crippen LogP contribution in [0.1, 0.15) is 64.7 Å². The lowest BCUT2D eigenvalue weighted by atomic mass is 10.1. The second-order valence-electron chi connectivity index (χ2n) is 8.43. The fourth-order valence-electron chi connectivity index (χ4n) is 2.64. The fourth-order valence-corrected chi connectivity index (χ4v) is 2.96. The van der Waals surface area contributed by atoms with E-state index in [0.717, 1.165) is 13.0 Å². The molecule has 0 saturated heterocycles. The number of hydrogen-bond acceptors (Lipinski definition) is 4. The highest BCUT2D eigenvalue weighted by Gasteiger charge is 2.16. The van der Waals surface area contributed by atoms with E-state index in [1.165, 1.54) is 51.4 Å². The number of carbonyl (C=O) groups excluding carboxylic acids is 1. The van der Waals surface area contributed by atoms with Gasteiger partial charge >= 0.3 is 13.9 Å². The third kappa shape index (κ3) is 25.3. The molecule has 182 valence electrons. The van der Waals surface area contributed by atoms with Crippen molar-refractivity contribution in [2.75, 3.05) is 61.0 Å². The summed E-state index contributed by atoms with van der Waals surface area (Å²) in [5.41, 5.74) is 0. The van der Waals surface area contributed by atoms with Crippen LogP contribution in [0.2, 0.25) is 0 Å². The molecule has 0 atom stereocenters. The Morgan fingerprint density at radius 3 is 1.87 bits per heavy atom. The summed E-state index contributed by atoms with van der Waals surface area (Å²) in [4.78, 5) is 29.7. The molecule has 0 bridgehead atoms. The molecule has 4 N–H and O–H groups in total. The van der Waals surface area contributed by atoms with E-state index in [-0.39, 0.29) is 19.2 Å². The highest BCUT2D eigenvalue weighted by molar-refractivity contribution is 7.46. The van der Waals surface area contributed by atoms with Crippen LogP contribution in [0.4, 0.5) is 4.79 Å². The lowest BCUT2D eigenvalue weighted by Crippen LogP contribution is -2.40. The second-order valence-corrected chi connectivity index (χ2v) is 9.67. The van der Waals surface area contributed by atoms with Gasteiger partial charge in [0.2, 0.25) is 0 Å². The summed E-state index contributed by atoms with van der Waals surface area (Å²) < 4.78 is 15.1. The first-order valence-corrected chi connectivity index (χ1v) is 12.6. The number of quaternary nitrogens is 1. The summed E-state index contributed by atoms with van der Waals surface area (Å²) in [5, 5.41) is 11.5. The minimum absolute atomic E-state index is 0.0326. The fraction of sp³-hybridized carbons (Fsp3) is 0.950. The minimum atomic E-state index is -4.26. The standard InChI is InChI=1S/C15H32N2O2.C5H14NO4P/c1-3-4-5-6-7-8-9-10-11-12-17(13-14-18)15(19)16-2;1-6(2,3)4-5-10-11(7,8)9/h18H,3-14H2,1-2H3,(H,16,19);4-5H2,1-3H3,(H-,7,8,9)/p+1. The molecule has 0 aliphatic rings. The Kier molecular flexibility index (Phi) is 20.0. The number of nitrogens with zero attached hydrogens (tertiary/aromatic N) is 2. The number of aliphatic hydroxyl groups excluding tert-OH is 1. The molecule has 30 heavy (non-hydrogen) atoms. The van der Waals surface area contributed by atoms with Gasteiger partial charge in [-0.25, -0.2) is 9.36 Å². The van der Waals surface area contributed by atoms with Crippen LogP contribution in [-0.4, -0.2) is 91.3 Å². The van der Waals surface area contributed by atoms with Crippen LogP contribution in [0.3, 0.4) is 0 Å². The summed E-state index contributed by atoms with van der Waals surface area (Å²) in [6.45, 7) is 4.10. The van der Waals surface area contributed by atoms with Crippen molar-refractivity contribution in [1.82, 2.24) is 10.2 Å². The average molecular weight is 457 g/mol. The Labute approximate surface area is 183 Å². The molecule has 0 fully saturated rings. The third-order valence-electron chi connectivity index (χ3n) is 4.42. The van der Waals surface area contributed by atoms with Crippen molar-refractivity contribution in [3.8, 4) is 0 Å². The van der Waals surface area contributed by atoms with Crippen LogP contribution in [0.25, 0.3) is 0 Å². The lowest BCUT2D eigenvalue weighted by molar-refractivity contribution is -0.870. The largest absolute Gasteiger partial charge is 0.469 e. The topological polar surface area (TPSA) is 119 Å². The first kappa shape index (κ1) is 31.5. The van der Waals surface area contributed by atoms with Gasteiger partial charge in [0, 0.05) is 20.1 Å². The third-order valence-corrected chi connectivity index (χ3v) is 4.94. The van der Waals surface area contributed by atoms with Crippen molar-refractivity contribution in [3.63, 3.8) is 0 Å². The van der Waals surface area contributed by atoms with Crippen molar-refractivity contribution in [2.24, 2.45) is 0 Å². The first-order chi connectivity index (χ1) is 14.0. The monoisotopic (exact) mass is 456 g/mol. The molecule has 10 heteroatoms. The van der Waals surface area contributed by atoms with Crippen molar-refractivity contribution >= 4 is 13.9 Å². The summed E-state index contributed by atoms with van der Waals surface area (Å²) in [6.07, 6.45) is 11.5. The van der Waals surface area contributed by atoms with Gasteiger partial charge < -0.3 is 29.6 Å². The molecule has 9 nitrogen and oxygen atoms in total. The van der Waals surface area contributed by atoms with Gasteiger partial charge in [-0.05, 0) is 6.42 Å². The highest BCUT2D eigenvalue weighted by Crippen LogP contribution is 2.35. The van der Waals surface area contributed by atoms with Crippen molar-refractivity contribution in [3.05, 3.63) is 0 Å². The molecule has 0 heterocycles. The SMILES string of the molecule is CCCCCCCCCCCN(CCO)C(=O)NC.C[N+](C)(C)CCOP(=O)(O)O. The maximum absolute atomic E-state index is 11.5. The number of rotatable bonds is 16. The average Bonchev–Trinajstić information content (AvgIpc) is 2.63. The Bertz CT molecular complexity index is 454. The maximum atomic E-state index is 11.5. The van der Waals surface area contributed by atoms with Crippen LogP contribution >= 0.6 is 7.82 Å². The number of urea groups is 1. The zero-order valence-electron chi connectivity index (χ0n) is 19.8. The van der Waals surface area contributed by atoms with Gasteiger partial charge in [-0.15, -0.1) is 0 Å². The minimum Gasteiger partial charge on any atom is -0.395 e. The molecule has 0 spiro atoms. The van der Waals surface area contributed by atoms with Gasteiger partial charge in [0.05, 0.1) is 27.7 Å². The van der Waals surface area contributed by atoms with Crippen LogP contribution in [0.5, 0.6) is 0 Å². The Morgan fingerprint density at radius 1 is 0.967 bits per heavy atom. The quantitative estimate of drug-likeness (QED) is 0.161. The van der Waals surface area contributed by atoms with E-state index in [0.29, 0.717) is 17.6 Å². The van der Waals surface area contributed by atoms with Crippen LogP contribution in [0.15, 0.2) is 0 Å². The summed E-state index contributed by atoms with van der Waals surface area (Å²) in [7, 11) is 3.13. The van der Waals surface area contributed by atoms with Crippen LogP contribution in [0, 0.1) is 0 Å². The smallest absolute Gasteiger partial charge is 0.395 e. The number of aliphatic hydroxyl groups is 1. The normalized spacial score (nSPS) is 11.6. The molecule has 0 aromatic carbocycles. The van der Waals surface area contributed by atoms with E-state index in [2.05, 4.69) is 16.8 Å². The maximum Gasteiger partial charge on any atom is 0.469 e. The van der Waals surface area contributed by atoms with Crippen LogP contribution in [-0.2, 0) is 9.09 Å². The van der Waals surface area contributed by atoms with Gasteiger partial charge in [0.15, 0.2) is 0 Å². The molecule has 0 radical (unpaired) electrons. The molecule has 0 unspecified atom stereocenters. The molecule has 0 aliphatic heterocycles. The highest BCUT2D eigenvalue weighted by atomic mass is 31.2. The number of likely N-dealkylation sites (N-methyl/N-ethyl adjacent to an activating group) is 1. The van der Waals surface area contributed by atoms with Crippen molar-refractivity contribution in [1.29, 1.82) is 0 Å². The van der Waals surface area contributed by atoms with Gasteiger partial charge in [-0.2, -0.15) is 0 Å². The molecule has 0 aromatic rings. The summed E-state index contributed by atoms with van der Waals surface area (Å²) in [5.74, 6) is 0. The van der Waals surface area contributed by atoms with Crippen LogP contribution < -0.4 is 5.32 Å². The summed E-state index contributed by atoms with van der Waals surface area (Å²) >= 11 is 0. The Hall–Kier alpha value is -0.700. The van der Waals surface area contributed by atoms with E-state index in [4.69, 9.17) is 14.9 Å². The Balaban J connectivity index is 0. The van der Waals surface area contributed by atoms with Gasteiger partial charge in [-0.3, -0.25) is 4.52 Å². The number of carbonyl (C=O) groups is 1. The van der Waals surface area contributed by atoms with E-state index in [1.54, 1.807) is 11.9 Å². The van der Waals surface area contributed by atoms with E-state index >= 15 is 0 Å². The molecule has 0 saturated carbocycles. The van der Waals surface area contributed by atoms with Gasteiger partial charge in [-0.1, -0.05) is 58.3 Å². The summed E-state index contributed by atoms with van der Waals surface area (Å²) in [6, 6.07) is -0.0892. The molecule has 0 rings (SSSR count). The first-order valence-electron chi connectivity index (χ1n) is 11.0. The molecule has 0 aromatic heterocycles. The molecule has 2 amide bonds. The second kappa shape index (κ2) is 19.0. The molecular formula is C20H47N3O6P+. The van der Waals surface area contributed by atoms with Gasteiger partial charge in [0.25, 0.3) is 0 Å². The number of phosphoric ester groups is 1. The molecular weight excluding hydrogens is 409 g/mol. The number of amides is 2. The number of nitrogens with one attached hydrogen (secondary N) is 1. The van der Waals surface area contributed by atoms with Gasteiger partial charge in [0.1, 0.15) is 13.2 Å². The number of unbranched alkanes of at least 4 members (excludes halogenated alkanes) is 8. The van der Waals surface area contributed by atoms with E-state index < -0.39 is 7.82 Å².